The van der Waals surface area contributed by atoms with E-state index in [4.69, 9.17) is 13.6 Å². The fourth-order valence-corrected chi connectivity index (χ4v) is 3.14. The van der Waals surface area contributed by atoms with Crippen molar-refractivity contribution in [3.63, 3.8) is 0 Å². The minimum Gasteiger partial charge on any atom is -0.482 e. The Labute approximate surface area is 149 Å². The first kappa shape index (κ1) is 17.4. The van der Waals surface area contributed by atoms with Crippen LogP contribution in [0.4, 0.5) is 13.2 Å². The molecule has 0 spiro atoms. The van der Waals surface area contributed by atoms with E-state index in [1.54, 1.807) is 26.0 Å². The zero-order valence-electron chi connectivity index (χ0n) is 14.4. The van der Waals surface area contributed by atoms with Crippen LogP contribution in [0.1, 0.15) is 30.7 Å². The molecule has 3 heterocycles. The van der Waals surface area contributed by atoms with Crippen LogP contribution < -0.4 is 15.8 Å². The van der Waals surface area contributed by atoms with E-state index in [1.165, 1.54) is 13.0 Å². The van der Waals surface area contributed by atoms with Crippen molar-refractivity contribution >= 4 is 28.0 Å². The lowest BCUT2D eigenvalue weighted by Gasteiger charge is -2.29. The summed E-state index contributed by atoms with van der Waals surface area (Å²) in [4.78, 5) is 24.3. The van der Waals surface area contributed by atoms with Crippen LogP contribution in [0.5, 0.6) is 5.75 Å². The van der Waals surface area contributed by atoms with Gasteiger partial charge in [-0.15, -0.1) is 0 Å². The van der Waals surface area contributed by atoms with Crippen LogP contribution in [0.3, 0.4) is 0 Å². The summed E-state index contributed by atoms with van der Waals surface area (Å²) in [5.41, 5.74) is -4.60. The first-order chi connectivity index (χ1) is 12.5. The smallest absolute Gasteiger partial charge is 0.418 e. The normalized spacial score (nSPS) is 15.8. The highest BCUT2D eigenvalue weighted by atomic mass is 19.4. The molecule has 139 valence electrons. The predicted octanol–water partition coefficient (Wildman–Crippen LogP) is 4.21. The topological polar surface area (TPSA) is 69.7 Å². The van der Waals surface area contributed by atoms with Gasteiger partial charge < -0.3 is 13.6 Å². The van der Waals surface area contributed by atoms with E-state index in [0.717, 1.165) is 6.07 Å². The molecule has 0 N–H and O–H groups in total. The molecule has 3 aromatic rings. The Balaban J connectivity index is 2.38. The third-order valence-electron chi connectivity index (χ3n) is 4.21. The SMILES string of the molecule is Cc1cc(=O)c2c(o1)c1c(c3c(C(F)(F)F)[c]c(=O)oc32)OC(C)(C)C=C1. The average Bonchev–Trinajstić information content (AvgIpc) is 2.51. The van der Waals surface area contributed by atoms with Gasteiger partial charge in [0.2, 0.25) is 0 Å². The Bertz CT molecular complexity index is 1260. The maximum Gasteiger partial charge on any atom is 0.418 e. The third-order valence-corrected chi connectivity index (χ3v) is 4.21. The van der Waals surface area contributed by atoms with E-state index in [2.05, 4.69) is 0 Å². The molecule has 8 heteroatoms. The number of aryl methyl sites for hydroxylation is 1. The van der Waals surface area contributed by atoms with Crippen LogP contribution in [-0.4, -0.2) is 5.60 Å². The summed E-state index contributed by atoms with van der Waals surface area (Å²) in [6.45, 7) is 4.85. The molecule has 1 aliphatic rings. The van der Waals surface area contributed by atoms with Gasteiger partial charge in [-0.25, -0.2) is 4.79 Å². The van der Waals surface area contributed by atoms with Crippen molar-refractivity contribution in [1.29, 1.82) is 0 Å². The Morgan fingerprint density at radius 1 is 1.07 bits per heavy atom. The molecule has 0 bridgehead atoms. The monoisotopic (exact) mass is 377 g/mol. The van der Waals surface area contributed by atoms with E-state index in [9.17, 15) is 22.8 Å². The fourth-order valence-electron chi connectivity index (χ4n) is 3.14. The van der Waals surface area contributed by atoms with Crippen LogP contribution in [0, 0.1) is 13.0 Å². The lowest BCUT2D eigenvalue weighted by Crippen LogP contribution is -2.28. The van der Waals surface area contributed by atoms with Crippen LogP contribution in [0.25, 0.3) is 28.0 Å². The summed E-state index contributed by atoms with van der Waals surface area (Å²) < 4.78 is 57.3. The van der Waals surface area contributed by atoms with Crippen molar-refractivity contribution in [2.45, 2.75) is 32.5 Å². The number of alkyl halides is 3. The summed E-state index contributed by atoms with van der Waals surface area (Å²) in [5.74, 6) is 0.0826. The predicted molar refractivity (Wildman–Crippen MR) is 90.8 cm³/mol. The highest BCUT2D eigenvalue weighted by Gasteiger charge is 2.39. The molecule has 0 saturated heterocycles. The van der Waals surface area contributed by atoms with Crippen molar-refractivity contribution in [3.8, 4) is 5.75 Å². The maximum atomic E-state index is 13.6. The summed E-state index contributed by atoms with van der Waals surface area (Å²) in [7, 11) is 0. The van der Waals surface area contributed by atoms with Gasteiger partial charge in [0.25, 0.3) is 0 Å². The van der Waals surface area contributed by atoms with Crippen LogP contribution >= 0.6 is 0 Å². The van der Waals surface area contributed by atoms with Crippen molar-refractivity contribution in [2.75, 3.05) is 0 Å². The molecule has 0 saturated carbocycles. The minimum atomic E-state index is -4.91. The molecular weight excluding hydrogens is 365 g/mol. The molecule has 27 heavy (non-hydrogen) atoms. The number of hydrogen-bond donors (Lipinski definition) is 0. The summed E-state index contributed by atoms with van der Waals surface area (Å²) in [6.07, 6.45) is -1.73. The van der Waals surface area contributed by atoms with Crippen molar-refractivity contribution < 1.29 is 26.7 Å². The van der Waals surface area contributed by atoms with Gasteiger partial charge in [-0.05, 0) is 32.9 Å². The van der Waals surface area contributed by atoms with E-state index >= 15 is 0 Å². The molecule has 0 atom stereocenters. The first-order valence-corrected chi connectivity index (χ1v) is 7.94. The molecule has 4 rings (SSSR count). The number of rotatable bonds is 0. The second-order valence-electron chi connectivity index (χ2n) is 6.80. The van der Waals surface area contributed by atoms with Gasteiger partial charge in [-0.1, -0.05) is 0 Å². The van der Waals surface area contributed by atoms with Crippen molar-refractivity contribution in [3.05, 3.63) is 55.7 Å². The van der Waals surface area contributed by atoms with Gasteiger partial charge >= 0.3 is 11.8 Å². The molecular formula is C19H12F3O5. The highest BCUT2D eigenvalue weighted by molar-refractivity contribution is 6.10. The lowest BCUT2D eigenvalue weighted by molar-refractivity contribution is -0.136. The standard InChI is InChI=1S/C19H12F3O5/c1-8-6-11(23)14-15(25-8)9-4-5-18(2,3)27-16(9)13-10(19(20,21)22)7-12(24)26-17(13)14/h4-6H,1-3H3. The highest BCUT2D eigenvalue weighted by Crippen LogP contribution is 2.46. The van der Waals surface area contributed by atoms with Gasteiger partial charge in [0.15, 0.2) is 16.6 Å². The molecule has 0 amide bonds. The van der Waals surface area contributed by atoms with Gasteiger partial charge in [0, 0.05) is 6.07 Å². The maximum absolute atomic E-state index is 13.6. The zero-order valence-corrected chi connectivity index (χ0v) is 14.4. The van der Waals surface area contributed by atoms with Gasteiger partial charge in [0.05, 0.1) is 22.6 Å². The summed E-state index contributed by atoms with van der Waals surface area (Å²) in [6, 6.07) is 2.80. The number of fused-ring (bicyclic) bond motifs is 6. The second kappa shape index (κ2) is 5.25. The Morgan fingerprint density at radius 2 is 1.78 bits per heavy atom. The van der Waals surface area contributed by atoms with Crippen LogP contribution in [-0.2, 0) is 6.18 Å². The Morgan fingerprint density at radius 3 is 2.44 bits per heavy atom. The number of benzene rings is 1. The average molecular weight is 377 g/mol. The van der Waals surface area contributed by atoms with Gasteiger partial charge in [-0.2, -0.15) is 13.2 Å². The largest absolute Gasteiger partial charge is 0.482 e. The van der Waals surface area contributed by atoms with E-state index in [-0.39, 0.29) is 28.0 Å². The summed E-state index contributed by atoms with van der Waals surface area (Å²) >= 11 is 0. The Hall–Kier alpha value is -3.03. The van der Waals surface area contributed by atoms with E-state index < -0.39 is 39.4 Å². The number of ether oxygens (including phenoxy) is 1. The molecule has 0 aliphatic carbocycles. The molecule has 1 radical (unpaired) electrons. The zero-order chi connectivity index (χ0) is 19.7. The molecule has 2 aromatic heterocycles. The van der Waals surface area contributed by atoms with E-state index in [1.807, 2.05) is 0 Å². The molecule has 0 unspecified atom stereocenters. The fraction of sp³-hybridized carbons (Fsp3) is 0.263. The van der Waals surface area contributed by atoms with Gasteiger partial charge in [0.1, 0.15) is 22.5 Å². The molecule has 5 nitrogen and oxygen atoms in total. The minimum absolute atomic E-state index is 0.00303. The number of hydrogen-bond acceptors (Lipinski definition) is 5. The summed E-state index contributed by atoms with van der Waals surface area (Å²) in [5, 5.41) is -0.780. The van der Waals surface area contributed by atoms with Crippen molar-refractivity contribution in [2.24, 2.45) is 0 Å². The van der Waals surface area contributed by atoms with Crippen molar-refractivity contribution in [1.82, 2.24) is 0 Å². The van der Waals surface area contributed by atoms with Gasteiger partial charge in [-0.3, -0.25) is 4.79 Å². The molecule has 1 aliphatic heterocycles. The molecule has 0 fully saturated rings. The second-order valence-corrected chi connectivity index (χ2v) is 6.80. The first-order valence-electron chi connectivity index (χ1n) is 7.94. The Kier molecular flexibility index (Phi) is 3.38. The van der Waals surface area contributed by atoms with E-state index in [0.29, 0.717) is 0 Å². The lowest BCUT2D eigenvalue weighted by atomic mass is 9.95. The van der Waals surface area contributed by atoms with Crippen LogP contribution in [0.2, 0.25) is 0 Å². The van der Waals surface area contributed by atoms with Crippen LogP contribution in [0.15, 0.2) is 30.6 Å². The number of halogens is 3. The quantitative estimate of drug-likeness (QED) is 0.434. The molecule has 1 aromatic carbocycles. The third kappa shape index (κ3) is 2.63.